The molecule has 4 N–H and O–H groups in total. The lowest BCUT2D eigenvalue weighted by atomic mass is 10.2. The number of hydrazine groups is 1. The number of carbonyl (C=O) groups excluding carboxylic acids is 2. The van der Waals surface area contributed by atoms with Crippen molar-refractivity contribution in [2.75, 3.05) is 11.6 Å². The van der Waals surface area contributed by atoms with Gasteiger partial charge in [0.15, 0.2) is 5.82 Å². The normalized spacial score (nSPS) is 10.4. The fourth-order valence-electron chi connectivity index (χ4n) is 2.33. The number of nitrogen functional groups attached to an aromatic ring is 1. The van der Waals surface area contributed by atoms with Crippen LogP contribution in [-0.2, 0) is 4.79 Å². The Bertz CT molecular complexity index is 1120. The maximum Gasteiger partial charge on any atom is 0.270 e. The summed E-state index contributed by atoms with van der Waals surface area (Å²) < 4.78 is 14.9. The monoisotopic (exact) mass is 431 g/mol. The number of hydrogen-bond donors (Lipinski definition) is 3. The largest absolute Gasteiger partial charge is 0.335 e. The van der Waals surface area contributed by atoms with E-state index in [1.807, 2.05) is 0 Å². The van der Waals surface area contributed by atoms with Crippen molar-refractivity contribution < 1.29 is 18.9 Å². The first-order valence-electron chi connectivity index (χ1n) is 8.28. The van der Waals surface area contributed by atoms with Crippen LogP contribution in [0.5, 0.6) is 0 Å². The van der Waals surface area contributed by atoms with Crippen molar-refractivity contribution in [2.45, 2.75) is 5.16 Å². The highest BCUT2D eigenvalue weighted by atomic mass is 32.2. The van der Waals surface area contributed by atoms with Crippen molar-refractivity contribution in [1.29, 1.82) is 0 Å². The lowest BCUT2D eigenvalue weighted by molar-refractivity contribution is -0.384. The maximum atomic E-state index is 13.9. The van der Waals surface area contributed by atoms with Gasteiger partial charge in [0.05, 0.1) is 16.2 Å². The minimum Gasteiger partial charge on any atom is -0.335 e. The number of rotatable bonds is 6. The molecule has 1 aromatic heterocycles. The molecule has 154 valence electrons. The number of aromatic nitrogens is 3. The summed E-state index contributed by atoms with van der Waals surface area (Å²) in [6.07, 6.45) is 0. The van der Waals surface area contributed by atoms with Gasteiger partial charge in [-0.2, -0.15) is 0 Å². The van der Waals surface area contributed by atoms with E-state index in [2.05, 4.69) is 21.0 Å². The molecule has 3 aromatic rings. The Balaban J connectivity index is 1.55. The van der Waals surface area contributed by atoms with Crippen LogP contribution in [0.3, 0.4) is 0 Å². The molecule has 0 aliphatic heterocycles. The number of benzene rings is 2. The fourth-order valence-corrected chi connectivity index (χ4v) is 2.98. The first-order chi connectivity index (χ1) is 14.4. The molecule has 1 heterocycles. The van der Waals surface area contributed by atoms with Gasteiger partial charge >= 0.3 is 0 Å². The van der Waals surface area contributed by atoms with E-state index in [1.54, 1.807) is 6.07 Å². The molecule has 2 aromatic carbocycles. The molecular formula is C17H14FN7O4S. The summed E-state index contributed by atoms with van der Waals surface area (Å²) in [7, 11) is 0. The third kappa shape index (κ3) is 4.70. The Morgan fingerprint density at radius 3 is 2.67 bits per heavy atom. The van der Waals surface area contributed by atoms with Gasteiger partial charge in [-0.3, -0.25) is 30.6 Å². The number of nitrogens with two attached hydrogens (primary N) is 1. The average Bonchev–Trinajstić information content (AvgIpc) is 3.11. The molecule has 30 heavy (non-hydrogen) atoms. The minimum atomic E-state index is -0.721. The SMILES string of the molecule is Nn1c(SCC(=O)NNC(=O)c2cccc([N+](=O)[O-])c2)nnc1-c1ccccc1F. The quantitative estimate of drug-likeness (QED) is 0.228. The van der Waals surface area contributed by atoms with Crippen molar-refractivity contribution in [2.24, 2.45) is 0 Å². The van der Waals surface area contributed by atoms with Crippen molar-refractivity contribution in [3.8, 4) is 11.4 Å². The topological polar surface area (TPSA) is 158 Å². The Hall–Kier alpha value is -4.00. The highest BCUT2D eigenvalue weighted by Gasteiger charge is 2.17. The van der Waals surface area contributed by atoms with E-state index in [0.29, 0.717) is 0 Å². The highest BCUT2D eigenvalue weighted by Crippen LogP contribution is 2.23. The number of nitrogens with zero attached hydrogens (tertiary/aromatic N) is 4. The van der Waals surface area contributed by atoms with E-state index in [4.69, 9.17) is 5.84 Å². The van der Waals surface area contributed by atoms with Crippen LogP contribution in [0.4, 0.5) is 10.1 Å². The highest BCUT2D eigenvalue weighted by molar-refractivity contribution is 7.99. The number of nitrogens with one attached hydrogen (secondary N) is 2. The number of non-ortho nitro benzene ring substituents is 1. The molecule has 0 spiro atoms. The Morgan fingerprint density at radius 1 is 1.17 bits per heavy atom. The summed E-state index contributed by atoms with van der Waals surface area (Å²) in [5, 5.41) is 18.6. The zero-order valence-electron chi connectivity index (χ0n) is 15.1. The number of halogens is 1. The van der Waals surface area contributed by atoms with Gasteiger partial charge in [-0.15, -0.1) is 10.2 Å². The van der Waals surface area contributed by atoms with Crippen LogP contribution in [0.15, 0.2) is 53.7 Å². The van der Waals surface area contributed by atoms with Crippen LogP contribution in [0.25, 0.3) is 11.4 Å². The first kappa shape index (κ1) is 20.7. The van der Waals surface area contributed by atoms with Crippen LogP contribution < -0.4 is 16.7 Å². The smallest absolute Gasteiger partial charge is 0.270 e. The summed E-state index contributed by atoms with van der Waals surface area (Å²) in [5.41, 5.74) is 4.25. The number of thioether (sulfide) groups is 1. The van der Waals surface area contributed by atoms with Gasteiger partial charge in [-0.25, -0.2) is 9.07 Å². The fraction of sp³-hybridized carbons (Fsp3) is 0.0588. The molecule has 13 heteroatoms. The summed E-state index contributed by atoms with van der Waals surface area (Å²) in [6, 6.07) is 10.9. The molecule has 0 radical (unpaired) electrons. The van der Waals surface area contributed by atoms with E-state index < -0.39 is 22.6 Å². The first-order valence-corrected chi connectivity index (χ1v) is 9.27. The lowest BCUT2D eigenvalue weighted by Gasteiger charge is -2.07. The molecule has 0 aliphatic rings. The Labute approximate surface area is 172 Å². The van der Waals surface area contributed by atoms with E-state index in [-0.39, 0.29) is 33.5 Å². The average molecular weight is 431 g/mol. The van der Waals surface area contributed by atoms with Crippen molar-refractivity contribution in [1.82, 2.24) is 25.7 Å². The summed E-state index contributed by atoms with van der Waals surface area (Å²) in [6.45, 7) is 0. The molecule has 0 fully saturated rings. The zero-order chi connectivity index (χ0) is 21.7. The molecule has 0 saturated heterocycles. The number of nitro groups is 1. The van der Waals surface area contributed by atoms with E-state index in [9.17, 15) is 24.1 Å². The van der Waals surface area contributed by atoms with Crippen LogP contribution in [-0.4, -0.2) is 37.4 Å². The maximum absolute atomic E-state index is 13.9. The second kappa shape index (κ2) is 9.00. The second-order valence-electron chi connectivity index (χ2n) is 5.75. The van der Waals surface area contributed by atoms with Crippen LogP contribution in [0.1, 0.15) is 10.4 Å². The van der Waals surface area contributed by atoms with Crippen LogP contribution in [0, 0.1) is 15.9 Å². The van der Waals surface area contributed by atoms with Gasteiger partial charge in [0.1, 0.15) is 5.82 Å². The third-order valence-corrected chi connectivity index (χ3v) is 4.69. The van der Waals surface area contributed by atoms with E-state index in [0.717, 1.165) is 22.5 Å². The van der Waals surface area contributed by atoms with E-state index in [1.165, 1.54) is 36.4 Å². The van der Waals surface area contributed by atoms with E-state index >= 15 is 0 Å². The van der Waals surface area contributed by atoms with Crippen LogP contribution in [0.2, 0.25) is 0 Å². The molecule has 0 saturated carbocycles. The number of amides is 2. The molecule has 0 unspecified atom stereocenters. The number of nitro benzene ring substituents is 1. The van der Waals surface area contributed by atoms with Crippen molar-refractivity contribution in [3.05, 3.63) is 70.0 Å². The lowest BCUT2D eigenvalue weighted by Crippen LogP contribution is -2.42. The Morgan fingerprint density at radius 2 is 1.93 bits per heavy atom. The van der Waals surface area contributed by atoms with Crippen LogP contribution >= 0.6 is 11.8 Å². The molecule has 0 bridgehead atoms. The Kier molecular flexibility index (Phi) is 6.22. The third-order valence-electron chi connectivity index (χ3n) is 3.75. The molecule has 2 amide bonds. The van der Waals surface area contributed by atoms with Gasteiger partial charge in [0.2, 0.25) is 11.1 Å². The van der Waals surface area contributed by atoms with Crippen molar-refractivity contribution >= 4 is 29.3 Å². The van der Waals surface area contributed by atoms with Crippen molar-refractivity contribution in [3.63, 3.8) is 0 Å². The molecular weight excluding hydrogens is 417 g/mol. The predicted octanol–water partition coefficient (Wildman–Crippen LogP) is 1.26. The summed E-state index contributed by atoms with van der Waals surface area (Å²) in [5.74, 6) is 3.96. The molecule has 3 rings (SSSR count). The predicted molar refractivity (Wildman–Crippen MR) is 105 cm³/mol. The number of hydrogen-bond acceptors (Lipinski definition) is 8. The molecule has 0 aliphatic carbocycles. The molecule has 0 atom stereocenters. The van der Waals surface area contributed by atoms with Gasteiger partial charge in [-0.1, -0.05) is 30.0 Å². The van der Waals surface area contributed by atoms with Gasteiger partial charge < -0.3 is 5.84 Å². The summed E-state index contributed by atoms with van der Waals surface area (Å²) >= 11 is 0.920. The van der Waals surface area contributed by atoms with Gasteiger partial charge in [-0.05, 0) is 18.2 Å². The standard InChI is InChI=1S/C17H14FN7O4S/c18-13-7-2-1-6-12(13)15-21-23-17(24(15)19)30-9-14(26)20-22-16(27)10-4-3-5-11(8-10)25(28)29/h1-8H,9,19H2,(H,20,26)(H,22,27). The minimum absolute atomic E-state index is 0.00776. The van der Waals surface area contributed by atoms with Gasteiger partial charge in [0, 0.05) is 17.7 Å². The zero-order valence-corrected chi connectivity index (χ0v) is 15.9. The molecule has 11 nitrogen and oxygen atoms in total. The summed E-state index contributed by atoms with van der Waals surface area (Å²) in [4.78, 5) is 34.1. The number of carbonyl (C=O) groups is 2. The second-order valence-corrected chi connectivity index (χ2v) is 6.70. The van der Waals surface area contributed by atoms with Gasteiger partial charge in [0.25, 0.3) is 11.6 Å².